The zero-order valence-corrected chi connectivity index (χ0v) is 12.2. The molecule has 2 amide bonds. The Morgan fingerprint density at radius 2 is 2.00 bits per heavy atom. The quantitative estimate of drug-likeness (QED) is 0.919. The van der Waals surface area contributed by atoms with Gasteiger partial charge in [0.1, 0.15) is 18.2 Å². The summed E-state index contributed by atoms with van der Waals surface area (Å²) in [5.74, 6) is 1.38. The Morgan fingerprint density at radius 1 is 1.24 bits per heavy atom. The lowest BCUT2D eigenvalue weighted by molar-refractivity contribution is 0.207. The number of urea groups is 1. The van der Waals surface area contributed by atoms with Crippen LogP contribution < -0.4 is 10.1 Å². The third-order valence-electron chi connectivity index (χ3n) is 3.02. The summed E-state index contributed by atoms with van der Waals surface area (Å²) in [5, 5.41) is 2.72. The molecule has 0 aliphatic heterocycles. The van der Waals surface area contributed by atoms with Gasteiger partial charge in [0.05, 0.1) is 6.54 Å². The first-order valence-corrected chi connectivity index (χ1v) is 6.78. The van der Waals surface area contributed by atoms with Crippen molar-refractivity contribution in [1.82, 2.24) is 9.88 Å². The van der Waals surface area contributed by atoms with Crippen molar-refractivity contribution in [1.29, 1.82) is 0 Å². The molecule has 0 fully saturated rings. The highest BCUT2D eigenvalue weighted by Crippen LogP contribution is 2.15. The van der Waals surface area contributed by atoms with Crippen LogP contribution in [0, 0.1) is 6.92 Å². The molecule has 0 saturated carbocycles. The summed E-state index contributed by atoms with van der Waals surface area (Å²) in [4.78, 5) is 17.6. The fourth-order valence-electron chi connectivity index (χ4n) is 1.75. The first-order valence-electron chi connectivity index (χ1n) is 6.78. The highest BCUT2D eigenvalue weighted by Gasteiger charge is 2.09. The number of hydrogen-bond acceptors (Lipinski definition) is 3. The van der Waals surface area contributed by atoms with Crippen molar-refractivity contribution in [3.05, 3.63) is 54.2 Å². The van der Waals surface area contributed by atoms with Gasteiger partial charge >= 0.3 is 6.03 Å². The molecule has 5 nitrogen and oxygen atoms in total. The number of para-hydroxylation sites is 1. The molecular formula is C16H19N3O2. The first kappa shape index (κ1) is 14.8. The van der Waals surface area contributed by atoms with Crippen LogP contribution in [0.3, 0.4) is 0 Å². The van der Waals surface area contributed by atoms with E-state index in [4.69, 9.17) is 4.74 Å². The highest BCUT2D eigenvalue weighted by atomic mass is 16.5. The maximum Gasteiger partial charge on any atom is 0.322 e. The summed E-state index contributed by atoms with van der Waals surface area (Å²) < 4.78 is 5.67. The molecule has 0 atom stereocenters. The van der Waals surface area contributed by atoms with Crippen molar-refractivity contribution in [2.45, 2.75) is 6.92 Å². The van der Waals surface area contributed by atoms with Gasteiger partial charge in [0.25, 0.3) is 0 Å². The van der Waals surface area contributed by atoms with Crippen LogP contribution in [-0.2, 0) is 0 Å². The minimum atomic E-state index is -0.206. The zero-order valence-electron chi connectivity index (χ0n) is 12.2. The van der Waals surface area contributed by atoms with E-state index in [0.29, 0.717) is 19.0 Å². The highest BCUT2D eigenvalue weighted by molar-refractivity contribution is 5.87. The Morgan fingerprint density at radius 3 is 2.71 bits per heavy atom. The third-order valence-corrected chi connectivity index (χ3v) is 3.02. The number of pyridine rings is 1. The van der Waals surface area contributed by atoms with E-state index in [0.717, 1.165) is 11.3 Å². The molecule has 0 saturated heterocycles. The van der Waals surface area contributed by atoms with Crippen LogP contribution in [0.2, 0.25) is 0 Å². The van der Waals surface area contributed by atoms with Crippen molar-refractivity contribution in [2.75, 3.05) is 25.5 Å². The summed E-state index contributed by atoms with van der Waals surface area (Å²) in [6.07, 6.45) is 1.64. The molecule has 1 N–H and O–H groups in total. The lowest BCUT2D eigenvalue weighted by Crippen LogP contribution is -2.34. The SMILES string of the molecule is Cc1ccccc1OCCN(C)C(=O)Nc1ccccn1. The van der Waals surface area contributed by atoms with Gasteiger partial charge in [-0.25, -0.2) is 9.78 Å². The van der Waals surface area contributed by atoms with Gasteiger partial charge in [-0.3, -0.25) is 5.32 Å². The molecule has 0 aliphatic carbocycles. The van der Waals surface area contributed by atoms with E-state index in [1.165, 1.54) is 0 Å². The maximum absolute atomic E-state index is 11.9. The lowest BCUT2D eigenvalue weighted by atomic mass is 10.2. The van der Waals surface area contributed by atoms with E-state index in [2.05, 4.69) is 10.3 Å². The normalized spacial score (nSPS) is 10.0. The van der Waals surface area contributed by atoms with E-state index >= 15 is 0 Å². The number of likely N-dealkylation sites (N-methyl/N-ethyl adjacent to an activating group) is 1. The van der Waals surface area contributed by atoms with Crippen LogP contribution in [0.15, 0.2) is 48.7 Å². The number of nitrogens with zero attached hydrogens (tertiary/aromatic N) is 2. The lowest BCUT2D eigenvalue weighted by Gasteiger charge is -2.18. The number of hydrogen-bond donors (Lipinski definition) is 1. The van der Waals surface area contributed by atoms with Crippen molar-refractivity contribution in [3.63, 3.8) is 0 Å². The number of rotatable bonds is 5. The summed E-state index contributed by atoms with van der Waals surface area (Å²) in [7, 11) is 1.72. The fraction of sp³-hybridized carbons (Fsp3) is 0.250. The molecule has 0 spiro atoms. The van der Waals surface area contributed by atoms with Gasteiger partial charge in [-0.15, -0.1) is 0 Å². The van der Waals surface area contributed by atoms with E-state index < -0.39 is 0 Å². The number of amides is 2. The summed E-state index contributed by atoms with van der Waals surface area (Å²) in [6.45, 7) is 2.93. The third kappa shape index (κ3) is 4.49. The molecule has 0 radical (unpaired) electrons. The van der Waals surface area contributed by atoms with Gasteiger partial charge in [0.15, 0.2) is 0 Å². The summed E-state index contributed by atoms with van der Waals surface area (Å²) in [5.41, 5.74) is 1.08. The second-order valence-electron chi connectivity index (χ2n) is 4.68. The second kappa shape index (κ2) is 7.28. The fourth-order valence-corrected chi connectivity index (χ4v) is 1.75. The standard InChI is InChI=1S/C16H19N3O2/c1-13-7-3-4-8-14(13)21-12-11-19(2)16(20)18-15-9-5-6-10-17-15/h3-10H,11-12H2,1-2H3,(H,17,18,20). The minimum Gasteiger partial charge on any atom is -0.491 e. The van der Waals surface area contributed by atoms with Crippen LogP contribution in [0.4, 0.5) is 10.6 Å². The number of ether oxygens (including phenoxy) is 1. The molecule has 0 aliphatic rings. The number of carbonyl (C=O) groups is 1. The van der Waals surface area contributed by atoms with Crippen molar-refractivity contribution in [3.8, 4) is 5.75 Å². The molecule has 5 heteroatoms. The van der Waals surface area contributed by atoms with Crippen LogP contribution in [0.25, 0.3) is 0 Å². The zero-order chi connectivity index (χ0) is 15.1. The van der Waals surface area contributed by atoms with Gasteiger partial charge in [0, 0.05) is 13.2 Å². The van der Waals surface area contributed by atoms with Gasteiger partial charge in [-0.1, -0.05) is 24.3 Å². The van der Waals surface area contributed by atoms with E-state index in [1.54, 1.807) is 30.3 Å². The predicted molar refractivity (Wildman–Crippen MR) is 82.6 cm³/mol. The molecule has 2 aromatic rings. The molecule has 1 aromatic carbocycles. The Balaban J connectivity index is 1.78. The largest absolute Gasteiger partial charge is 0.491 e. The van der Waals surface area contributed by atoms with Crippen LogP contribution in [0.1, 0.15) is 5.56 Å². The van der Waals surface area contributed by atoms with Gasteiger partial charge in [0.2, 0.25) is 0 Å². The number of anilines is 1. The minimum absolute atomic E-state index is 0.206. The molecule has 110 valence electrons. The number of aromatic nitrogens is 1. The van der Waals surface area contributed by atoms with Gasteiger partial charge < -0.3 is 9.64 Å². The average Bonchev–Trinajstić information content (AvgIpc) is 2.50. The number of nitrogens with one attached hydrogen (secondary N) is 1. The molecule has 2 rings (SSSR count). The smallest absolute Gasteiger partial charge is 0.322 e. The molecule has 1 aromatic heterocycles. The van der Waals surface area contributed by atoms with Crippen molar-refractivity contribution < 1.29 is 9.53 Å². The van der Waals surface area contributed by atoms with E-state index in [1.807, 2.05) is 37.3 Å². The Labute approximate surface area is 124 Å². The summed E-state index contributed by atoms with van der Waals surface area (Å²) >= 11 is 0. The second-order valence-corrected chi connectivity index (χ2v) is 4.68. The maximum atomic E-state index is 11.9. The molecule has 21 heavy (non-hydrogen) atoms. The Bertz CT molecular complexity index is 587. The molecule has 0 unspecified atom stereocenters. The predicted octanol–water partition coefficient (Wildman–Crippen LogP) is 2.93. The van der Waals surface area contributed by atoms with Gasteiger partial charge in [-0.2, -0.15) is 0 Å². The topological polar surface area (TPSA) is 54.5 Å². The van der Waals surface area contributed by atoms with Crippen LogP contribution in [0.5, 0.6) is 5.75 Å². The van der Waals surface area contributed by atoms with Gasteiger partial charge in [-0.05, 0) is 30.7 Å². The van der Waals surface area contributed by atoms with Crippen LogP contribution in [-0.4, -0.2) is 36.1 Å². The number of benzene rings is 1. The monoisotopic (exact) mass is 285 g/mol. The summed E-state index contributed by atoms with van der Waals surface area (Å²) in [6, 6.07) is 13.0. The average molecular weight is 285 g/mol. The molecular weight excluding hydrogens is 266 g/mol. The van der Waals surface area contributed by atoms with Crippen LogP contribution >= 0.6 is 0 Å². The Kier molecular flexibility index (Phi) is 5.15. The van der Waals surface area contributed by atoms with E-state index in [9.17, 15) is 4.79 Å². The molecule has 1 heterocycles. The Hall–Kier alpha value is -2.56. The van der Waals surface area contributed by atoms with Crippen molar-refractivity contribution >= 4 is 11.8 Å². The van der Waals surface area contributed by atoms with Crippen molar-refractivity contribution in [2.24, 2.45) is 0 Å². The first-order chi connectivity index (χ1) is 10.2. The number of aryl methyl sites for hydroxylation is 1. The van der Waals surface area contributed by atoms with E-state index in [-0.39, 0.29) is 6.03 Å². The molecule has 0 bridgehead atoms. The number of carbonyl (C=O) groups excluding carboxylic acids is 1.